The Morgan fingerprint density at radius 1 is 0.943 bits per heavy atom. The van der Waals surface area contributed by atoms with Crippen molar-refractivity contribution in [1.82, 2.24) is 0 Å². The van der Waals surface area contributed by atoms with Crippen molar-refractivity contribution in [3.8, 4) is 5.75 Å². The second-order valence-corrected chi connectivity index (χ2v) is 10.6. The molecule has 0 radical (unpaired) electrons. The molecule has 0 aliphatic heterocycles. The molecule has 16 heteroatoms. The molecule has 8 nitrogen and oxygen atoms in total. The zero-order chi connectivity index (χ0) is 26.9. The van der Waals surface area contributed by atoms with E-state index in [2.05, 4.69) is 4.74 Å². The van der Waals surface area contributed by atoms with Gasteiger partial charge in [0, 0.05) is 3.57 Å². The van der Waals surface area contributed by atoms with Crippen molar-refractivity contribution in [3.05, 3.63) is 60.2 Å². The van der Waals surface area contributed by atoms with Crippen molar-refractivity contribution < 1.29 is 58.8 Å². The second kappa shape index (κ2) is 10.6. The average molecular weight is 748 g/mol. The Kier molecular flexibility index (Phi) is 8.87. The van der Waals surface area contributed by atoms with E-state index in [1.54, 1.807) is 6.07 Å². The molecular weight excluding hydrogens is 737 g/mol. The van der Waals surface area contributed by atoms with E-state index in [9.17, 15) is 44.8 Å². The van der Waals surface area contributed by atoms with Gasteiger partial charge in [-0.2, -0.15) is 30.4 Å². The van der Waals surface area contributed by atoms with Gasteiger partial charge in [0.1, 0.15) is 0 Å². The molecule has 0 bridgehead atoms. The Morgan fingerprint density at radius 3 is 1.86 bits per heavy atom. The predicted molar refractivity (Wildman–Crippen MR) is 125 cm³/mol. The van der Waals surface area contributed by atoms with Crippen molar-refractivity contribution in [2.24, 2.45) is 0 Å². The van der Waals surface area contributed by atoms with Gasteiger partial charge in [0.2, 0.25) is 0 Å². The lowest BCUT2D eigenvalue weighted by Crippen LogP contribution is -2.52. The van der Waals surface area contributed by atoms with Gasteiger partial charge in [-0.25, -0.2) is 9.59 Å². The molecule has 2 aromatic rings. The highest BCUT2D eigenvalue weighted by atomic mass is 127. The third kappa shape index (κ3) is 6.85. The lowest BCUT2D eigenvalue weighted by atomic mass is 10.1. The first-order valence-electron chi connectivity index (χ1n) is 8.81. The number of ketones is 1. The molecule has 1 N–H and O–H groups in total. The van der Waals surface area contributed by atoms with Gasteiger partial charge in [0.15, 0.2) is 11.5 Å². The lowest BCUT2D eigenvalue weighted by Gasteiger charge is -2.26. The fraction of sp³-hybridized carbons (Fsp3) is 0.211. The number of hydrogen-bond acceptors (Lipinski definition) is 7. The second-order valence-electron chi connectivity index (χ2n) is 6.65. The summed E-state index contributed by atoms with van der Waals surface area (Å²) in [5.74, 6) is -3.48. The molecule has 0 aliphatic carbocycles. The number of rotatable bonds is 7. The third-order valence-corrected chi connectivity index (χ3v) is 6.44. The summed E-state index contributed by atoms with van der Waals surface area (Å²) in [7, 11) is -6.59. The summed E-state index contributed by atoms with van der Waals surface area (Å²) >= 11 is 3.78. The molecule has 0 saturated heterocycles. The highest BCUT2D eigenvalue weighted by Crippen LogP contribution is 2.38. The number of carbonyl (C=O) groups excluding carboxylic acids is 3. The zero-order valence-corrected chi connectivity index (χ0v) is 22.0. The number of esters is 2. The summed E-state index contributed by atoms with van der Waals surface area (Å²) in [5.41, 5.74) is -0.885. The van der Waals surface area contributed by atoms with Crippen LogP contribution >= 0.6 is 45.2 Å². The van der Waals surface area contributed by atoms with Gasteiger partial charge in [0.05, 0.1) is 20.3 Å². The Hall–Kier alpha value is -1.93. The van der Waals surface area contributed by atoms with Gasteiger partial charge in [-0.3, -0.25) is 9.35 Å². The normalized spacial score (nSPS) is 13.2. The van der Waals surface area contributed by atoms with E-state index in [1.807, 2.05) is 45.2 Å². The van der Waals surface area contributed by atoms with Crippen molar-refractivity contribution >= 4 is 73.0 Å². The van der Waals surface area contributed by atoms with Gasteiger partial charge in [0.25, 0.3) is 6.10 Å². The molecule has 0 aliphatic rings. The maximum Gasteiger partial charge on any atom is 0.432 e. The molecule has 0 saturated carbocycles. The molecule has 1 unspecified atom stereocenters. The molecule has 1 atom stereocenters. The standard InChI is InChI=1S/C19H11F5I2O8S/c1-8(27)12-6-11(25)7-13(26)14(12)33-15(28)9-2-4-10(5-3-9)16(29)34-17(18(20,21)22)19(23,24)35(30,31)32/h2-7,17H,1H3,(H,30,31,32). The SMILES string of the molecule is CC(=O)c1cc(I)cc(I)c1OC(=O)c1ccc(C(=O)OC(C(F)(F)F)C(F)(F)S(=O)(=O)O)cc1. The van der Waals surface area contributed by atoms with Gasteiger partial charge >= 0.3 is 33.5 Å². The van der Waals surface area contributed by atoms with Crippen LogP contribution in [0, 0.1) is 7.14 Å². The van der Waals surface area contributed by atoms with E-state index >= 15 is 0 Å². The number of ether oxygens (including phenoxy) is 2. The van der Waals surface area contributed by atoms with Crippen molar-refractivity contribution in [1.29, 1.82) is 0 Å². The highest BCUT2D eigenvalue weighted by molar-refractivity contribution is 14.1. The average Bonchev–Trinajstić information content (AvgIpc) is 2.71. The van der Waals surface area contributed by atoms with E-state index in [4.69, 9.17) is 9.29 Å². The molecule has 0 fully saturated rings. The van der Waals surface area contributed by atoms with Gasteiger partial charge in [-0.05, 0) is 88.5 Å². The molecule has 190 valence electrons. The number of alkyl halides is 5. The number of benzene rings is 2. The number of halogens is 7. The highest BCUT2D eigenvalue weighted by Gasteiger charge is 2.66. The molecule has 2 rings (SSSR count). The molecule has 0 amide bonds. The maximum absolute atomic E-state index is 13.6. The van der Waals surface area contributed by atoms with Crippen LogP contribution in [0.5, 0.6) is 5.75 Å². The number of hydrogen-bond donors (Lipinski definition) is 1. The van der Waals surface area contributed by atoms with Gasteiger partial charge in [-0.15, -0.1) is 0 Å². The van der Waals surface area contributed by atoms with Crippen LogP contribution in [-0.4, -0.2) is 48.2 Å². The van der Waals surface area contributed by atoms with Crippen molar-refractivity contribution in [3.63, 3.8) is 0 Å². The largest absolute Gasteiger partial charge is 0.441 e. The molecule has 0 heterocycles. The van der Waals surface area contributed by atoms with Crippen LogP contribution in [0.4, 0.5) is 22.0 Å². The monoisotopic (exact) mass is 748 g/mol. The summed E-state index contributed by atoms with van der Waals surface area (Å²) < 4.78 is 106. The Labute approximate surface area is 221 Å². The summed E-state index contributed by atoms with van der Waals surface area (Å²) in [5, 5.41) is -5.89. The molecule has 35 heavy (non-hydrogen) atoms. The smallest absolute Gasteiger partial charge is 0.432 e. The zero-order valence-electron chi connectivity index (χ0n) is 16.9. The van der Waals surface area contributed by atoms with Crippen LogP contribution in [0.2, 0.25) is 0 Å². The van der Waals surface area contributed by atoms with E-state index in [0.29, 0.717) is 7.14 Å². The molecular formula is C19H11F5I2O8S. The van der Waals surface area contributed by atoms with Crippen LogP contribution in [-0.2, 0) is 14.9 Å². The minimum atomic E-state index is -6.59. The summed E-state index contributed by atoms with van der Waals surface area (Å²) in [6, 6.07) is 6.37. The molecule has 2 aromatic carbocycles. The fourth-order valence-corrected chi connectivity index (χ4v) is 4.86. The van der Waals surface area contributed by atoms with Crippen LogP contribution in [0.15, 0.2) is 36.4 Å². The summed E-state index contributed by atoms with van der Waals surface area (Å²) in [4.78, 5) is 36.3. The van der Waals surface area contributed by atoms with Crippen LogP contribution < -0.4 is 4.74 Å². The minimum Gasteiger partial charge on any atom is -0.441 e. The van der Waals surface area contributed by atoms with E-state index in [0.717, 1.165) is 24.3 Å². The van der Waals surface area contributed by atoms with E-state index < -0.39 is 50.9 Å². The maximum atomic E-state index is 13.6. The van der Waals surface area contributed by atoms with Gasteiger partial charge in [-0.1, -0.05) is 0 Å². The fourth-order valence-electron chi connectivity index (χ4n) is 2.46. The number of Topliss-reactive ketones (excluding diaryl/α,β-unsaturated/α-hetero) is 1. The first kappa shape index (κ1) is 29.3. The summed E-state index contributed by atoms with van der Waals surface area (Å²) in [6.45, 7) is 1.25. The molecule has 0 spiro atoms. The Morgan fingerprint density at radius 2 is 1.43 bits per heavy atom. The van der Waals surface area contributed by atoms with Crippen LogP contribution in [0.3, 0.4) is 0 Å². The van der Waals surface area contributed by atoms with E-state index in [-0.39, 0.29) is 16.9 Å². The van der Waals surface area contributed by atoms with Crippen molar-refractivity contribution in [2.45, 2.75) is 24.5 Å². The number of carbonyl (C=O) groups is 3. The third-order valence-electron chi connectivity index (χ3n) is 4.11. The Balaban J connectivity index is 2.28. The first-order valence-corrected chi connectivity index (χ1v) is 12.4. The first-order chi connectivity index (χ1) is 15.9. The minimum absolute atomic E-state index is 0.0486. The summed E-state index contributed by atoms with van der Waals surface area (Å²) in [6.07, 6.45) is -10.6. The van der Waals surface area contributed by atoms with Crippen molar-refractivity contribution in [2.75, 3.05) is 0 Å². The quantitative estimate of drug-likeness (QED) is 0.106. The topological polar surface area (TPSA) is 124 Å². The lowest BCUT2D eigenvalue weighted by molar-refractivity contribution is -0.248. The predicted octanol–water partition coefficient (Wildman–Crippen LogP) is 4.89. The van der Waals surface area contributed by atoms with Crippen LogP contribution in [0.25, 0.3) is 0 Å². The van der Waals surface area contributed by atoms with Crippen LogP contribution in [0.1, 0.15) is 38.0 Å². The Bertz CT molecular complexity index is 1280. The molecule has 0 aromatic heterocycles. The van der Waals surface area contributed by atoms with E-state index in [1.165, 1.54) is 13.0 Å². The van der Waals surface area contributed by atoms with Gasteiger partial charge < -0.3 is 9.47 Å².